The molecule has 22 heavy (non-hydrogen) atoms. The van der Waals surface area contributed by atoms with Gasteiger partial charge >= 0.3 is 18.4 Å². The summed E-state index contributed by atoms with van der Waals surface area (Å²) in [6.07, 6.45) is -11.1. The maximum absolute atomic E-state index is 12.6. The Morgan fingerprint density at radius 1 is 1.23 bits per heavy atom. The van der Waals surface area contributed by atoms with Gasteiger partial charge in [-0.1, -0.05) is 0 Å². The van der Waals surface area contributed by atoms with Gasteiger partial charge in [0.2, 0.25) is 15.8 Å². The van der Waals surface area contributed by atoms with Crippen LogP contribution in [0.15, 0.2) is 11.0 Å². The van der Waals surface area contributed by atoms with Crippen LogP contribution in [0.5, 0.6) is 5.75 Å². The molecular formula is C7H3F6N3O5S. The summed E-state index contributed by atoms with van der Waals surface area (Å²) in [6, 6.07) is -0.364. The number of nitrogens with two attached hydrogens (primary N) is 1. The number of ether oxygens (including phenoxy) is 1. The van der Waals surface area contributed by atoms with Crippen LogP contribution in [0.2, 0.25) is 0 Å². The molecule has 0 saturated heterocycles. The Hall–Kier alpha value is -2.16. The molecule has 0 unspecified atom stereocenters. The Morgan fingerprint density at radius 2 is 1.73 bits per heavy atom. The van der Waals surface area contributed by atoms with E-state index in [0.29, 0.717) is 0 Å². The van der Waals surface area contributed by atoms with Gasteiger partial charge in [0.25, 0.3) is 5.69 Å². The third kappa shape index (κ3) is 4.17. The minimum Gasteiger partial charge on any atom is -0.397 e. The van der Waals surface area contributed by atoms with E-state index in [0.717, 1.165) is 0 Å². The summed E-state index contributed by atoms with van der Waals surface area (Å²) in [6.45, 7) is 0. The Labute approximate surface area is 116 Å². The van der Waals surface area contributed by atoms with Crippen LogP contribution in [0.4, 0.5) is 32.2 Å². The molecule has 15 heteroatoms. The lowest BCUT2D eigenvalue weighted by atomic mass is 10.3. The molecule has 1 aromatic rings. The summed E-state index contributed by atoms with van der Waals surface area (Å²) in [7, 11) is -5.19. The lowest BCUT2D eigenvalue weighted by Gasteiger charge is -2.12. The number of aromatic nitrogens is 1. The van der Waals surface area contributed by atoms with Crippen molar-refractivity contribution >= 4 is 15.8 Å². The Kier molecular flexibility index (Phi) is 4.26. The largest absolute Gasteiger partial charge is 0.573 e. The van der Waals surface area contributed by atoms with E-state index in [1.54, 1.807) is 0 Å². The van der Waals surface area contributed by atoms with Gasteiger partial charge in [-0.3, -0.25) is 0 Å². The molecule has 0 radical (unpaired) electrons. The molecule has 8 nitrogen and oxygen atoms in total. The van der Waals surface area contributed by atoms with E-state index in [-0.39, 0.29) is 6.07 Å². The van der Waals surface area contributed by atoms with Crippen molar-refractivity contribution in [3.05, 3.63) is 21.9 Å². The van der Waals surface area contributed by atoms with E-state index in [9.17, 15) is 44.9 Å². The maximum Gasteiger partial charge on any atom is 0.573 e. The molecule has 0 bridgehead atoms. The molecule has 1 heterocycles. The van der Waals surface area contributed by atoms with Crippen molar-refractivity contribution in [1.82, 2.24) is 4.98 Å². The first-order valence-electron chi connectivity index (χ1n) is 4.68. The quantitative estimate of drug-likeness (QED) is 0.498. The van der Waals surface area contributed by atoms with Crippen LogP contribution < -0.4 is 9.88 Å². The van der Waals surface area contributed by atoms with Crippen molar-refractivity contribution in [2.75, 3.05) is 0 Å². The lowest BCUT2D eigenvalue weighted by Crippen LogP contribution is -2.23. The summed E-state index contributed by atoms with van der Waals surface area (Å²) in [5, 5.41) is 14.9. The number of primary sulfonamides is 1. The second-order valence-corrected chi connectivity index (χ2v) is 5.03. The SMILES string of the molecule is NS(=O)(=O)c1cc(OC(F)(F)F)c([N+](=O)[O-])nc1C(F)(F)F. The van der Waals surface area contributed by atoms with Gasteiger partial charge in [0.05, 0.1) is 0 Å². The Bertz CT molecular complexity index is 713. The Balaban J connectivity index is 3.77. The highest BCUT2D eigenvalue weighted by atomic mass is 32.2. The van der Waals surface area contributed by atoms with Crippen LogP contribution in [0.25, 0.3) is 0 Å². The molecule has 124 valence electrons. The van der Waals surface area contributed by atoms with E-state index < -0.39 is 49.6 Å². The van der Waals surface area contributed by atoms with Crippen molar-refractivity contribution in [3.63, 3.8) is 0 Å². The van der Waals surface area contributed by atoms with Gasteiger partial charge in [-0.2, -0.15) is 13.2 Å². The van der Waals surface area contributed by atoms with Crippen LogP contribution in [-0.2, 0) is 16.2 Å². The van der Waals surface area contributed by atoms with Gasteiger partial charge < -0.3 is 14.9 Å². The van der Waals surface area contributed by atoms with Crippen molar-refractivity contribution in [1.29, 1.82) is 0 Å². The fourth-order valence-electron chi connectivity index (χ4n) is 1.22. The van der Waals surface area contributed by atoms with Crippen molar-refractivity contribution in [2.24, 2.45) is 5.14 Å². The van der Waals surface area contributed by atoms with Gasteiger partial charge in [-0.15, -0.1) is 13.2 Å². The third-order valence-electron chi connectivity index (χ3n) is 1.91. The third-order valence-corrected chi connectivity index (χ3v) is 2.83. The summed E-state index contributed by atoms with van der Waals surface area (Å²) >= 11 is 0. The monoisotopic (exact) mass is 355 g/mol. The molecular weight excluding hydrogens is 352 g/mol. The summed E-state index contributed by atoms with van der Waals surface area (Å²) < 4.78 is 99.3. The molecule has 2 N–H and O–H groups in total. The number of rotatable bonds is 3. The predicted molar refractivity (Wildman–Crippen MR) is 53.9 cm³/mol. The Morgan fingerprint density at radius 3 is 2.05 bits per heavy atom. The van der Waals surface area contributed by atoms with Crippen LogP contribution >= 0.6 is 0 Å². The highest BCUT2D eigenvalue weighted by molar-refractivity contribution is 7.89. The topological polar surface area (TPSA) is 125 Å². The van der Waals surface area contributed by atoms with Gasteiger partial charge in [-0.25, -0.2) is 13.6 Å². The first-order chi connectivity index (χ1) is 9.63. The maximum atomic E-state index is 12.6. The zero-order valence-corrected chi connectivity index (χ0v) is 10.6. The van der Waals surface area contributed by atoms with Crippen molar-refractivity contribution in [2.45, 2.75) is 17.4 Å². The second kappa shape index (κ2) is 5.24. The first-order valence-corrected chi connectivity index (χ1v) is 6.22. The molecule has 0 amide bonds. The summed E-state index contributed by atoms with van der Waals surface area (Å²) in [5.74, 6) is -3.83. The molecule has 0 aromatic carbocycles. The van der Waals surface area contributed by atoms with Crippen molar-refractivity contribution in [3.8, 4) is 5.75 Å². The molecule has 0 aliphatic rings. The molecule has 0 spiro atoms. The number of alkyl halides is 6. The van der Waals surface area contributed by atoms with E-state index in [4.69, 9.17) is 0 Å². The number of sulfonamides is 1. The fourth-order valence-corrected chi connectivity index (χ4v) is 1.92. The van der Waals surface area contributed by atoms with E-state index >= 15 is 0 Å². The number of hydrogen-bond acceptors (Lipinski definition) is 6. The lowest BCUT2D eigenvalue weighted by molar-refractivity contribution is -0.393. The normalized spacial score (nSPS) is 13.0. The standard InChI is InChI=1S/C7H3F6N3O5S/c8-6(9,10)4-3(22(14,19)20)1-2(21-7(11,12)13)5(15-4)16(17)18/h1H,(H2,14,19,20). The van der Waals surface area contributed by atoms with Gasteiger partial charge in [0.1, 0.15) is 4.90 Å². The minimum atomic E-state index is -5.54. The first kappa shape index (κ1) is 17.9. The molecule has 0 atom stereocenters. The smallest absolute Gasteiger partial charge is 0.397 e. The van der Waals surface area contributed by atoms with Crippen LogP contribution in [-0.4, -0.2) is 24.7 Å². The highest BCUT2D eigenvalue weighted by Crippen LogP contribution is 2.39. The fraction of sp³-hybridized carbons (Fsp3) is 0.286. The number of halogens is 6. The van der Waals surface area contributed by atoms with E-state index in [1.807, 2.05) is 0 Å². The second-order valence-electron chi connectivity index (χ2n) is 3.50. The van der Waals surface area contributed by atoms with E-state index in [2.05, 4.69) is 14.9 Å². The zero-order valence-electron chi connectivity index (χ0n) is 9.77. The number of nitrogens with zero attached hydrogens (tertiary/aromatic N) is 2. The van der Waals surface area contributed by atoms with Gasteiger partial charge in [0.15, 0.2) is 0 Å². The molecule has 0 aliphatic carbocycles. The van der Waals surface area contributed by atoms with Crippen molar-refractivity contribution < 1.29 is 44.4 Å². The number of hydrogen-bond donors (Lipinski definition) is 1. The summed E-state index contributed by atoms with van der Waals surface area (Å²) in [4.78, 5) is 9.18. The minimum absolute atomic E-state index is 0.364. The zero-order chi connectivity index (χ0) is 17.5. The predicted octanol–water partition coefficient (Wildman–Crippen LogP) is 1.55. The highest BCUT2D eigenvalue weighted by Gasteiger charge is 2.46. The van der Waals surface area contributed by atoms with Crippen LogP contribution in [0.1, 0.15) is 5.69 Å². The van der Waals surface area contributed by atoms with Gasteiger partial charge in [-0.05, 0) is 9.91 Å². The molecule has 1 aromatic heterocycles. The summed E-state index contributed by atoms with van der Waals surface area (Å²) in [5.41, 5.74) is -2.34. The average Bonchev–Trinajstić information content (AvgIpc) is 2.22. The average molecular weight is 355 g/mol. The van der Waals surface area contributed by atoms with Gasteiger partial charge in [0, 0.05) is 6.07 Å². The molecule has 0 saturated carbocycles. The van der Waals surface area contributed by atoms with Crippen LogP contribution in [0, 0.1) is 10.1 Å². The van der Waals surface area contributed by atoms with Crippen LogP contribution in [0.3, 0.4) is 0 Å². The molecule has 0 fully saturated rings. The molecule has 1 rings (SSSR count). The molecule has 0 aliphatic heterocycles. The van der Waals surface area contributed by atoms with E-state index in [1.165, 1.54) is 0 Å². The number of nitro groups is 1. The number of pyridine rings is 1.